The average molecular weight is 310 g/mol. The van der Waals surface area contributed by atoms with Gasteiger partial charge in [-0.25, -0.2) is 9.18 Å². The van der Waals surface area contributed by atoms with Crippen molar-refractivity contribution < 1.29 is 23.9 Å². The molecule has 6 nitrogen and oxygen atoms in total. The van der Waals surface area contributed by atoms with Gasteiger partial charge in [0.1, 0.15) is 11.9 Å². The van der Waals surface area contributed by atoms with E-state index in [0.717, 1.165) is 11.3 Å². The summed E-state index contributed by atoms with van der Waals surface area (Å²) in [5.41, 5.74) is 4.93. The van der Waals surface area contributed by atoms with Crippen LogP contribution in [-0.2, 0) is 9.59 Å². The molecule has 0 unspecified atom stereocenters. The van der Waals surface area contributed by atoms with Crippen LogP contribution in [0.15, 0.2) is 24.3 Å². The number of nitrogens with one attached hydrogen (secondary N) is 1. The highest BCUT2D eigenvalue weighted by Gasteiger charge is 2.23. The number of carboxylic acids is 1. The second-order valence-electron chi connectivity index (χ2n) is 4.30. The van der Waals surface area contributed by atoms with Crippen molar-refractivity contribution in [1.29, 1.82) is 0 Å². The minimum atomic E-state index is -1.41. The summed E-state index contributed by atoms with van der Waals surface area (Å²) in [6.45, 7) is 0. The van der Waals surface area contributed by atoms with Crippen molar-refractivity contribution in [3.8, 4) is 0 Å². The van der Waals surface area contributed by atoms with E-state index in [0.29, 0.717) is 4.70 Å². The lowest BCUT2D eigenvalue weighted by Crippen LogP contribution is -2.43. The zero-order valence-corrected chi connectivity index (χ0v) is 11.4. The van der Waals surface area contributed by atoms with Crippen molar-refractivity contribution in [3.63, 3.8) is 0 Å². The fraction of sp³-hybridized carbons (Fsp3) is 0.154. The minimum Gasteiger partial charge on any atom is -0.480 e. The molecule has 110 valence electrons. The first kappa shape index (κ1) is 14.9. The number of rotatable bonds is 5. The van der Waals surface area contributed by atoms with Crippen molar-refractivity contribution in [2.24, 2.45) is 5.73 Å². The molecule has 2 aromatic rings. The van der Waals surface area contributed by atoms with Gasteiger partial charge in [-0.2, -0.15) is 0 Å². The maximum absolute atomic E-state index is 13.5. The number of benzene rings is 1. The van der Waals surface area contributed by atoms with Gasteiger partial charge in [0.15, 0.2) is 0 Å². The van der Waals surface area contributed by atoms with Crippen LogP contribution in [0.1, 0.15) is 16.1 Å². The normalized spacial score (nSPS) is 12.0. The van der Waals surface area contributed by atoms with Crippen LogP contribution in [0.4, 0.5) is 4.39 Å². The molecule has 0 saturated heterocycles. The highest BCUT2D eigenvalue weighted by Crippen LogP contribution is 2.27. The van der Waals surface area contributed by atoms with E-state index in [1.54, 1.807) is 6.07 Å². The Morgan fingerprint density at radius 1 is 1.38 bits per heavy atom. The summed E-state index contributed by atoms with van der Waals surface area (Å²) in [5.74, 6) is -3.36. The number of fused-ring (bicyclic) bond motifs is 1. The molecule has 1 atom stereocenters. The number of carboxylic acid groups (broad SMARTS) is 1. The predicted molar refractivity (Wildman–Crippen MR) is 74.5 cm³/mol. The van der Waals surface area contributed by atoms with Gasteiger partial charge in [-0.3, -0.25) is 9.59 Å². The van der Waals surface area contributed by atoms with Crippen LogP contribution in [-0.4, -0.2) is 28.9 Å². The number of primary amides is 1. The van der Waals surface area contributed by atoms with Crippen LogP contribution in [0.25, 0.3) is 10.1 Å². The van der Waals surface area contributed by atoms with E-state index in [-0.39, 0.29) is 10.3 Å². The van der Waals surface area contributed by atoms with E-state index in [1.165, 1.54) is 18.2 Å². The number of aliphatic carboxylic acids is 1. The molecular formula is C13H11FN2O4S. The van der Waals surface area contributed by atoms with Gasteiger partial charge in [-0.05, 0) is 18.2 Å². The van der Waals surface area contributed by atoms with Crippen LogP contribution in [0.2, 0.25) is 0 Å². The smallest absolute Gasteiger partial charge is 0.326 e. The van der Waals surface area contributed by atoms with Crippen LogP contribution >= 0.6 is 11.3 Å². The molecule has 2 rings (SSSR count). The molecule has 0 fully saturated rings. The van der Waals surface area contributed by atoms with Crippen molar-refractivity contribution in [1.82, 2.24) is 5.32 Å². The number of nitrogens with two attached hydrogens (primary N) is 1. The summed E-state index contributed by atoms with van der Waals surface area (Å²) >= 11 is 1.03. The fourth-order valence-corrected chi connectivity index (χ4v) is 2.75. The Balaban J connectivity index is 2.23. The zero-order chi connectivity index (χ0) is 15.6. The number of halogens is 1. The van der Waals surface area contributed by atoms with Gasteiger partial charge in [0.2, 0.25) is 5.91 Å². The topological polar surface area (TPSA) is 109 Å². The molecule has 8 heteroatoms. The standard InChI is InChI=1S/C13H11FN2O4S/c14-7-2-1-3-9-6(7)4-10(21-9)12(18)16-8(13(19)20)5-11(15)17/h1-4,8H,5H2,(H2,15,17)(H,16,18)(H,19,20)/t8-/m1/s1. The molecule has 0 bridgehead atoms. The molecular weight excluding hydrogens is 299 g/mol. The lowest BCUT2D eigenvalue weighted by molar-refractivity contribution is -0.140. The van der Waals surface area contributed by atoms with Gasteiger partial charge in [0.05, 0.1) is 11.3 Å². The molecule has 0 radical (unpaired) electrons. The summed E-state index contributed by atoms with van der Waals surface area (Å²) in [6, 6.07) is 4.36. The second-order valence-corrected chi connectivity index (χ2v) is 5.38. The van der Waals surface area contributed by atoms with E-state index in [2.05, 4.69) is 5.32 Å². The number of hydrogen-bond acceptors (Lipinski definition) is 4. The van der Waals surface area contributed by atoms with E-state index in [9.17, 15) is 18.8 Å². The van der Waals surface area contributed by atoms with Crippen LogP contribution in [0.3, 0.4) is 0 Å². The summed E-state index contributed by atoms with van der Waals surface area (Å²) < 4.78 is 14.1. The van der Waals surface area contributed by atoms with E-state index in [1.807, 2.05) is 0 Å². The molecule has 1 aromatic heterocycles. The maximum Gasteiger partial charge on any atom is 0.326 e. The third-order valence-electron chi connectivity index (χ3n) is 2.74. The lowest BCUT2D eigenvalue weighted by atomic mass is 10.2. The SMILES string of the molecule is NC(=O)C[C@@H](NC(=O)c1cc2c(F)cccc2s1)C(=O)O. The Hall–Kier alpha value is -2.48. The van der Waals surface area contributed by atoms with E-state index in [4.69, 9.17) is 10.8 Å². The monoisotopic (exact) mass is 310 g/mol. The molecule has 0 saturated carbocycles. The summed E-state index contributed by atoms with van der Waals surface area (Å²) in [6.07, 6.45) is -0.514. The van der Waals surface area contributed by atoms with Crippen LogP contribution < -0.4 is 11.1 Å². The Morgan fingerprint density at radius 3 is 2.67 bits per heavy atom. The third-order valence-corrected chi connectivity index (χ3v) is 3.84. The largest absolute Gasteiger partial charge is 0.480 e. The zero-order valence-electron chi connectivity index (χ0n) is 10.6. The molecule has 4 N–H and O–H groups in total. The molecule has 0 aliphatic heterocycles. The van der Waals surface area contributed by atoms with Crippen LogP contribution in [0, 0.1) is 5.82 Å². The predicted octanol–water partition coefficient (Wildman–Crippen LogP) is 1.10. The number of carbonyl (C=O) groups excluding carboxylic acids is 2. The van der Waals surface area contributed by atoms with Gasteiger partial charge in [0, 0.05) is 10.1 Å². The quantitative estimate of drug-likeness (QED) is 0.768. The average Bonchev–Trinajstić information content (AvgIpc) is 2.82. The lowest BCUT2D eigenvalue weighted by Gasteiger charge is -2.11. The van der Waals surface area contributed by atoms with Gasteiger partial charge >= 0.3 is 5.97 Å². The molecule has 2 amide bonds. The molecule has 0 aliphatic rings. The van der Waals surface area contributed by atoms with Gasteiger partial charge in [-0.15, -0.1) is 11.3 Å². The Morgan fingerprint density at radius 2 is 2.10 bits per heavy atom. The third kappa shape index (κ3) is 3.34. The Kier molecular flexibility index (Phi) is 4.18. The Labute approximate surface area is 122 Å². The molecule has 0 aliphatic carbocycles. The van der Waals surface area contributed by atoms with Gasteiger partial charge in [-0.1, -0.05) is 6.07 Å². The molecule has 21 heavy (non-hydrogen) atoms. The first-order valence-corrected chi connectivity index (χ1v) is 6.70. The number of thiophene rings is 1. The first-order chi connectivity index (χ1) is 9.88. The number of hydrogen-bond donors (Lipinski definition) is 3. The number of amides is 2. The van der Waals surface area contributed by atoms with Crippen molar-refractivity contribution >= 4 is 39.2 Å². The van der Waals surface area contributed by atoms with E-state index < -0.39 is 36.1 Å². The van der Waals surface area contributed by atoms with Crippen molar-refractivity contribution in [3.05, 3.63) is 35.0 Å². The second kappa shape index (κ2) is 5.88. The highest BCUT2D eigenvalue weighted by molar-refractivity contribution is 7.20. The minimum absolute atomic E-state index is 0.158. The van der Waals surface area contributed by atoms with Crippen LogP contribution in [0.5, 0.6) is 0 Å². The fourth-order valence-electron chi connectivity index (χ4n) is 1.77. The number of carbonyl (C=O) groups is 3. The molecule has 1 aromatic carbocycles. The summed E-state index contributed by atoms with van der Waals surface area (Å²) in [7, 11) is 0. The first-order valence-electron chi connectivity index (χ1n) is 5.88. The Bertz CT molecular complexity index is 728. The molecule has 1 heterocycles. The summed E-state index contributed by atoms with van der Waals surface area (Å²) in [4.78, 5) is 33.9. The van der Waals surface area contributed by atoms with Crippen molar-refractivity contribution in [2.75, 3.05) is 0 Å². The van der Waals surface area contributed by atoms with Crippen molar-refractivity contribution in [2.45, 2.75) is 12.5 Å². The molecule has 0 spiro atoms. The highest BCUT2D eigenvalue weighted by atomic mass is 32.1. The van der Waals surface area contributed by atoms with Gasteiger partial charge in [0.25, 0.3) is 5.91 Å². The van der Waals surface area contributed by atoms with Gasteiger partial charge < -0.3 is 16.2 Å². The summed E-state index contributed by atoms with van der Waals surface area (Å²) in [5, 5.41) is 11.4. The maximum atomic E-state index is 13.5. The van der Waals surface area contributed by atoms with E-state index >= 15 is 0 Å².